The van der Waals surface area contributed by atoms with Gasteiger partial charge in [0, 0.05) is 18.8 Å². The van der Waals surface area contributed by atoms with E-state index in [1.165, 1.54) is 22.4 Å². The topological polar surface area (TPSA) is 21.7 Å². The minimum atomic E-state index is 0.276. The smallest absolute Gasteiger partial charge is 0.126 e. The molecule has 0 N–H and O–H groups in total. The second-order valence-electron chi connectivity index (χ2n) is 8.16. The lowest BCUT2D eigenvalue weighted by Crippen LogP contribution is -2.41. The number of nitrogens with zero attached hydrogens (tertiary/aromatic N) is 1. The third-order valence-electron chi connectivity index (χ3n) is 5.21. The van der Waals surface area contributed by atoms with Crippen molar-refractivity contribution in [1.82, 2.24) is 0 Å². The van der Waals surface area contributed by atoms with Crippen molar-refractivity contribution < 1.29 is 9.47 Å². The monoisotopic (exact) mass is 367 g/mol. The predicted molar refractivity (Wildman–Crippen MR) is 113 cm³/mol. The van der Waals surface area contributed by atoms with E-state index in [1.807, 2.05) is 6.07 Å². The van der Waals surface area contributed by atoms with Crippen LogP contribution in [0.25, 0.3) is 0 Å². The van der Waals surface area contributed by atoms with Crippen molar-refractivity contribution in [3.8, 4) is 5.75 Å². The van der Waals surface area contributed by atoms with Crippen molar-refractivity contribution in [3.63, 3.8) is 0 Å². The summed E-state index contributed by atoms with van der Waals surface area (Å²) in [4.78, 5) is 2.45. The standard InChI is InChI=1S/C24H33NO2/c1-17(2)22-13-21(25-11-12-26-19(5)15-25)14-23(18(3)4)24(22)27-16-20-9-7-6-8-10-20/h6-10,13-14,17-19H,11-12,15-16H2,1-5H3/t19-/m1/s1. The highest BCUT2D eigenvalue weighted by Crippen LogP contribution is 2.39. The van der Waals surface area contributed by atoms with Gasteiger partial charge in [-0.15, -0.1) is 0 Å². The van der Waals surface area contributed by atoms with Crippen LogP contribution in [0.3, 0.4) is 0 Å². The van der Waals surface area contributed by atoms with Crippen molar-refractivity contribution in [2.75, 3.05) is 24.6 Å². The van der Waals surface area contributed by atoms with Gasteiger partial charge in [-0.3, -0.25) is 0 Å². The van der Waals surface area contributed by atoms with Gasteiger partial charge in [-0.1, -0.05) is 58.0 Å². The number of hydrogen-bond acceptors (Lipinski definition) is 3. The number of rotatable bonds is 6. The molecular formula is C24H33NO2. The molecule has 146 valence electrons. The van der Waals surface area contributed by atoms with E-state index >= 15 is 0 Å². The fourth-order valence-corrected chi connectivity index (χ4v) is 3.65. The summed E-state index contributed by atoms with van der Waals surface area (Å²) in [6.45, 7) is 14.4. The summed E-state index contributed by atoms with van der Waals surface area (Å²) in [7, 11) is 0. The van der Waals surface area contributed by atoms with Crippen LogP contribution in [0.15, 0.2) is 42.5 Å². The quantitative estimate of drug-likeness (QED) is 0.650. The minimum Gasteiger partial charge on any atom is -0.488 e. The Morgan fingerprint density at radius 1 is 1.04 bits per heavy atom. The van der Waals surface area contributed by atoms with Gasteiger partial charge in [-0.2, -0.15) is 0 Å². The fourth-order valence-electron chi connectivity index (χ4n) is 3.65. The molecule has 0 amide bonds. The highest BCUT2D eigenvalue weighted by atomic mass is 16.5. The van der Waals surface area contributed by atoms with Crippen molar-refractivity contribution in [2.24, 2.45) is 0 Å². The highest BCUT2D eigenvalue weighted by Gasteiger charge is 2.22. The Hall–Kier alpha value is -2.00. The van der Waals surface area contributed by atoms with Crippen LogP contribution in [0.4, 0.5) is 5.69 Å². The van der Waals surface area contributed by atoms with Gasteiger partial charge in [0.2, 0.25) is 0 Å². The first-order chi connectivity index (χ1) is 13.0. The van der Waals surface area contributed by atoms with Crippen LogP contribution < -0.4 is 9.64 Å². The van der Waals surface area contributed by atoms with Crippen molar-refractivity contribution in [3.05, 3.63) is 59.2 Å². The maximum absolute atomic E-state index is 6.40. The third kappa shape index (κ3) is 4.84. The zero-order valence-corrected chi connectivity index (χ0v) is 17.4. The fraction of sp³-hybridized carbons (Fsp3) is 0.500. The minimum absolute atomic E-state index is 0.276. The van der Waals surface area contributed by atoms with Crippen LogP contribution in [0.1, 0.15) is 63.1 Å². The Balaban J connectivity index is 1.95. The van der Waals surface area contributed by atoms with Crippen LogP contribution in [0.5, 0.6) is 5.75 Å². The second-order valence-corrected chi connectivity index (χ2v) is 8.16. The Labute approximate surface area is 164 Å². The van der Waals surface area contributed by atoms with Crippen LogP contribution >= 0.6 is 0 Å². The molecule has 27 heavy (non-hydrogen) atoms. The molecular weight excluding hydrogens is 334 g/mol. The van der Waals surface area contributed by atoms with E-state index in [2.05, 4.69) is 75.9 Å². The molecule has 0 aromatic heterocycles. The first kappa shape index (κ1) is 19.8. The van der Waals surface area contributed by atoms with E-state index in [0.29, 0.717) is 18.4 Å². The van der Waals surface area contributed by atoms with Crippen molar-refractivity contribution in [1.29, 1.82) is 0 Å². The molecule has 0 aliphatic carbocycles. The van der Waals surface area contributed by atoms with Crippen molar-refractivity contribution >= 4 is 5.69 Å². The Morgan fingerprint density at radius 2 is 1.67 bits per heavy atom. The summed E-state index contributed by atoms with van der Waals surface area (Å²) in [5.74, 6) is 1.88. The van der Waals surface area contributed by atoms with Crippen molar-refractivity contribution in [2.45, 2.75) is 59.2 Å². The number of hydrogen-bond donors (Lipinski definition) is 0. The van der Waals surface area contributed by atoms with E-state index in [9.17, 15) is 0 Å². The highest BCUT2D eigenvalue weighted by molar-refractivity contribution is 5.59. The van der Waals surface area contributed by atoms with E-state index in [-0.39, 0.29) is 6.10 Å². The van der Waals surface area contributed by atoms with Gasteiger partial charge >= 0.3 is 0 Å². The molecule has 0 spiro atoms. The molecule has 3 rings (SSSR count). The molecule has 3 heteroatoms. The average Bonchev–Trinajstić information content (AvgIpc) is 2.66. The van der Waals surface area contributed by atoms with E-state index in [4.69, 9.17) is 9.47 Å². The normalized spacial score (nSPS) is 17.6. The van der Waals surface area contributed by atoms with E-state index in [0.717, 1.165) is 25.4 Å². The van der Waals surface area contributed by atoms with Gasteiger partial charge < -0.3 is 14.4 Å². The SMILES string of the molecule is CC(C)c1cc(N2CCO[C@H](C)C2)cc(C(C)C)c1OCc1ccccc1. The molecule has 0 radical (unpaired) electrons. The van der Waals surface area contributed by atoms with Gasteiger partial charge in [-0.25, -0.2) is 0 Å². The largest absolute Gasteiger partial charge is 0.488 e. The zero-order valence-electron chi connectivity index (χ0n) is 17.4. The van der Waals surface area contributed by atoms with Crippen LogP contribution in [-0.4, -0.2) is 25.8 Å². The maximum Gasteiger partial charge on any atom is 0.126 e. The first-order valence-electron chi connectivity index (χ1n) is 10.2. The summed E-state index contributed by atoms with van der Waals surface area (Å²) in [5.41, 5.74) is 5.09. The summed E-state index contributed by atoms with van der Waals surface area (Å²) in [5, 5.41) is 0. The van der Waals surface area contributed by atoms with Gasteiger partial charge in [0.15, 0.2) is 0 Å². The molecule has 1 heterocycles. The Bertz CT molecular complexity index is 710. The molecule has 3 nitrogen and oxygen atoms in total. The molecule has 1 aliphatic heterocycles. The van der Waals surface area contributed by atoms with Gasteiger partial charge in [-0.05, 0) is 47.6 Å². The van der Waals surface area contributed by atoms with Crippen LogP contribution in [-0.2, 0) is 11.3 Å². The molecule has 1 atom stereocenters. The second kappa shape index (κ2) is 8.79. The Morgan fingerprint density at radius 3 is 2.22 bits per heavy atom. The maximum atomic E-state index is 6.40. The predicted octanol–water partition coefficient (Wildman–Crippen LogP) is 5.74. The van der Waals surface area contributed by atoms with Gasteiger partial charge in [0.05, 0.1) is 12.7 Å². The lowest BCUT2D eigenvalue weighted by atomic mass is 9.92. The molecule has 0 saturated carbocycles. The molecule has 0 bridgehead atoms. The molecule has 2 aromatic rings. The van der Waals surface area contributed by atoms with Gasteiger partial charge in [0.1, 0.15) is 12.4 Å². The number of anilines is 1. The molecule has 0 unspecified atom stereocenters. The summed E-state index contributed by atoms with van der Waals surface area (Å²) in [6.07, 6.45) is 0.276. The van der Waals surface area contributed by atoms with Gasteiger partial charge in [0.25, 0.3) is 0 Å². The lowest BCUT2D eigenvalue weighted by molar-refractivity contribution is 0.0532. The number of benzene rings is 2. The molecule has 2 aromatic carbocycles. The third-order valence-corrected chi connectivity index (χ3v) is 5.21. The summed E-state index contributed by atoms with van der Waals surface area (Å²) >= 11 is 0. The molecule has 1 aliphatic rings. The van der Waals surface area contributed by atoms with E-state index < -0.39 is 0 Å². The summed E-state index contributed by atoms with van der Waals surface area (Å²) < 4.78 is 12.1. The first-order valence-corrected chi connectivity index (χ1v) is 10.2. The number of ether oxygens (including phenoxy) is 2. The molecule has 1 fully saturated rings. The molecule has 1 saturated heterocycles. The lowest BCUT2D eigenvalue weighted by Gasteiger charge is -2.34. The zero-order chi connectivity index (χ0) is 19.4. The summed E-state index contributed by atoms with van der Waals surface area (Å²) in [6, 6.07) is 15.1. The average molecular weight is 368 g/mol. The number of morpholine rings is 1. The Kier molecular flexibility index (Phi) is 6.43. The van der Waals surface area contributed by atoms with E-state index in [1.54, 1.807) is 0 Å². The van der Waals surface area contributed by atoms with Crippen LogP contribution in [0, 0.1) is 0 Å². The van der Waals surface area contributed by atoms with Crippen LogP contribution in [0.2, 0.25) is 0 Å².